The highest BCUT2D eigenvalue weighted by Crippen LogP contribution is 2.35. The number of unbranched alkanes of at least 4 members (excludes halogenated alkanes) is 1. The highest BCUT2D eigenvalue weighted by molar-refractivity contribution is 5.91. The molecule has 0 unspecified atom stereocenters. The van der Waals surface area contributed by atoms with Gasteiger partial charge in [0, 0.05) is 37.1 Å². The topological polar surface area (TPSA) is 88.3 Å². The van der Waals surface area contributed by atoms with Crippen LogP contribution in [0.4, 0.5) is 11.6 Å². The van der Waals surface area contributed by atoms with Crippen molar-refractivity contribution >= 4 is 22.7 Å². The number of nitrogens with zero attached hydrogens (tertiary/aromatic N) is 5. The van der Waals surface area contributed by atoms with Crippen LogP contribution in [0.3, 0.4) is 0 Å². The van der Waals surface area contributed by atoms with E-state index in [-0.39, 0.29) is 12.1 Å². The Morgan fingerprint density at radius 3 is 2.58 bits per heavy atom. The molecule has 1 saturated heterocycles. The lowest BCUT2D eigenvalue weighted by atomic mass is 9.93. The first-order valence-corrected chi connectivity index (χ1v) is 12.3. The molecule has 1 saturated carbocycles. The van der Waals surface area contributed by atoms with E-state index >= 15 is 0 Å². The number of anilines is 2. The zero-order chi connectivity index (χ0) is 22.6. The number of nitrogens with one attached hydrogen (secondary N) is 1. The van der Waals surface area contributed by atoms with E-state index in [4.69, 9.17) is 14.8 Å². The van der Waals surface area contributed by atoms with Crippen LogP contribution >= 0.6 is 0 Å². The van der Waals surface area contributed by atoms with Crippen LogP contribution < -0.4 is 10.2 Å². The second-order valence-corrected chi connectivity index (χ2v) is 9.11. The minimum Gasteiger partial charge on any atom is -0.393 e. The van der Waals surface area contributed by atoms with Crippen molar-refractivity contribution in [2.45, 2.75) is 57.6 Å². The Kier molecular flexibility index (Phi) is 6.73. The molecule has 176 valence electrons. The van der Waals surface area contributed by atoms with Gasteiger partial charge in [0.1, 0.15) is 5.69 Å². The average molecular weight is 451 g/mol. The molecule has 0 amide bonds. The number of morpholine rings is 1. The number of rotatable bonds is 7. The smallest absolute Gasteiger partial charge is 0.224 e. The summed E-state index contributed by atoms with van der Waals surface area (Å²) in [7, 11) is 0. The number of hydrogen-bond donors (Lipinski definition) is 2. The largest absolute Gasteiger partial charge is 0.393 e. The monoisotopic (exact) mass is 450 g/mol. The van der Waals surface area contributed by atoms with Crippen molar-refractivity contribution < 1.29 is 9.84 Å². The second-order valence-electron chi connectivity index (χ2n) is 9.11. The van der Waals surface area contributed by atoms with Gasteiger partial charge in [-0.05, 0) is 44.2 Å². The summed E-state index contributed by atoms with van der Waals surface area (Å²) in [4.78, 5) is 11.8. The molecular formula is C25H34N6O2. The van der Waals surface area contributed by atoms with Crippen molar-refractivity contribution in [3.63, 3.8) is 0 Å². The van der Waals surface area contributed by atoms with Crippen molar-refractivity contribution in [3.8, 4) is 11.3 Å². The first kappa shape index (κ1) is 22.1. The summed E-state index contributed by atoms with van der Waals surface area (Å²) in [5.41, 5.74) is 4.08. The zero-order valence-electron chi connectivity index (χ0n) is 19.4. The quantitative estimate of drug-likeness (QED) is 0.526. The summed E-state index contributed by atoms with van der Waals surface area (Å²) >= 11 is 0. The molecule has 2 aromatic heterocycles. The minimum atomic E-state index is -0.198. The third kappa shape index (κ3) is 4.82. The predicted octanol–water partition coefficient (Wildman–Crippen LogP) is 4.02. The van der Waals surface area contributed by atoms with Crippen LogP contribution in [-0.2, 0) is 4.74 Å². The number of aliphatic hydroxyl groups excluding tert-OH is 1. The standard InChI is InChI=1S/C25H34N6O2/c1-2-3-12-26-25-27-17-22-23(18-4-6-19(7-5-18)30-13-15-33-16-14-30)29-31(24(22)28-25)20-8-10-21(32)11-9-20/h4-7,17,20-21,32H,2-3,8-16H2,1H3,(H,26,27,28)/t20-,21-. The van der Waals surface area contributed by atoms with Gasteiger partial charge in [-0.25, -0.2) is 9.67 Å². The van der Waals surface area contributed by atoms with Gasteiger partial charge in [0.05, 0.1) is 30.7 Å². The van der Waals surface area contributed by atoms with Gasteiger partial charge in [-0.3, -0.25) is 0 Å². The Morgan fingerprint density at radius 2 is 1.85 bits per heavy atom. The van der Waals surface area contributed by atoms with Crippen LogP contribution in [0.2, 0.25) is 0 Å². The summed E-state index contributed by atoms with van der Waals surface area (Å²) in [5, 5.41) is 19.4. The number of ether oxygens (including phenoxy) is 1. The fourth-order valence-electron chi connectivity index (χ4n) is 4.81. The van der Waals surface area contributed by atoms with Gasteiger partial charge in [-0.2, -0.15) is 10.1 Å². The maximum atomic E-state index is 9.99. The van der Waals surface area contributed by atoms with E-state index < -0.39 is 0 Å². The molecule has 2 N–H and O–H groups in total. The van der Waals surface area contributed by atoms with E-state index in [9.17, 15) is 5.11 Å². The van der Waals surface area contributed by atoms with Crippen molar-refractivity contribution in [1.29, 1.82) is 0 Å². The minimum absolute atomic E-state index is 0.198. The maximum Gasteiger partial charge on any atom is 0.224 e. The van der Waals surface area contributed by atoms with Crippen molar-refractivity contribution in [3.05, 3.63) is 30.5 Å². The van der Waals surface area contributed by atoms with Crippen molar-refractivity contribution in [2.24, 2.45) is 0 Å². The number of aromatic nitrogens is 4. The van der Waals surface area contributed by atoms with Crippen LogP contribution in [0, 0.1) is 0 Å². The number of hydrogen-bond acceptors (Lipinski definition) is 7. The van der Waals surface area contributed by atoms with Crippen LogP contribution in [0.25, 0.3) is 22.3 Å². The highest BCUT2D eigenvalue weighted by Gasteiger charge is 2.25. The SMILES string of the molecule is CCCCNc1ncc2c(-c3ccc(N4CCOCC4)cc3)nn([C@H]3CC[C@H](O)CC3)c2n1. The highest BCUT2D eigenvalue weighted by atomic mass is 16.5. The number of benzene rings is 1. The number of aliphatic hydroxyl groups is 1. The Morgan fingerprint density at radius 1 is 1.09 bits per heavy atom. The molecule has 1 aliphatic carbocycles. The van der Waals surface area contributed by atoms with Gasteiger partial charge in [0.15, 0.2) is 5.65 Å². The third-order valence-electron chi connectivity index (χ3n) is 6.79. The van der Waals surface area contributed by atoms with Gasteiger partial charge in [-0.15, -0.1) is 0 Å². The van der Waals surface area contributed by atoms with E-state index in [1.54, 1.807) is 0 Å². The van der Waals surface area contributed by atoms with Crippen LogP contribution in [0.1, 0.15) is 51.5 Å². The van der Waals surface area contributed by atoms with E-state index in [1.165, 1.54) is 5.69 Å². The van der Waals surface area contributed by atoms with Crippen LogP contribution in [0.15, 0.2) is 30.5 Å². The molecule has 33 heavy (non-hydrogen) atoms. The van der Waals surface area contributed by atoms with E-state index in [1.807, 2.05) is 6.20 Å². The second kappa shape index (κ2) is 10.1. The molecule has 1 aliphatic heterocycles. The average Bonchev–Trinajstić information content (AvgIpc) is 3.24. The Hall–Kier alpha value is -2.71. The first-order valence-electron chi connectivity index (χ1n) is 12.3. The molecule has 0 radical (unpaired) electrons. The molecule has 0 atom stereocenters. The summed E-state index contributed by atoms with van der Waals surface area (Å²) in [6.07, 6.45) is 7.36. The van der Waals surface area contributed by atoms with Gasteiger partial charge < -0.3 is 20.1 Å². The summed E-state index contributed by atoms with van der Waals surface area (Å²) in [6.45, 7) is 6.44. The van der Waals surface area contributed by atoms with Crippen LogP contribution in [-0.4, -0.2) is 63.8 Å². The zero-order valence-corrected chi connectivity index (χ0v) is 19.4. The lowest BCUT2D eigenvalue weighted by molar-refractivity contribution is 0.109. The molecule has 0 spiro atoms. The third-order valence-corrected chi connectivity index (χ3v) is 6.79. The molecule has 2 aliphatic rings. The van der Waals surface area contributed by atoms with Crippen molar-refractivity contribution in [1.82, 2.24) is 19.7 Å². The summed E-state index contributed by atoms with van der Waals surface area (Å²) < 4.78 is 7.56. The summed E-state index contributed by atoms with van der Waals surface area (Å²) in [5.74, 6) is 0.655. The molecule has 8 heteroatoms. The van der Waals surface area contributed by atoms with Gasteiger partial charge in [0.2, 0.25) is 5.95 Å². The Balaban J connectivity index is 1.48. The van der Waals surface area contributed by atoms with Gasteiger partial charge in [0.25, 0.3) is 0 Å². The molecule has 1 aromatic carbocycles. The van der Waals surface area contributed by atoms with E-state index in [2.05, 4.69) is 51.1 Å². The van der Waals surface area contributed by atoms with Gasteiger partial charge in [-0.1, -0.05) is 25.5 Å². The maximum absolute atomic E-state index is 9.99. The predicted molar refractivity (Wildman–Crippen MR) is 131 cm³/mol. The first-order chi connectivity index (χ1) is 16.2. The molecular weight excluding hydrogens is 416 g/mol. The Labute approximate surface area is 195 Å². The van der Waals surface area contributed by atoms with Crippen molar-refractivity contribution in [2.75, 3.05) is 43.1 Å². The lowest BCUT2D eigenvalue weighted by Crippen LogP contribution is -2.36. The fourth-order valence-corrected chi connectivity index (χ4v) is 4.81. The lowest BCUT2D eigenvalue weighted by Gasteiger charge is -2.28. The van der Waals surface area contributed by atoms with E-state index in [0.717, 1.165) is 93.7 Å². The summed E-state index contributed by atoms with van der Waals surface area (Å²) in [6, 6.07) is 8.88. The molecule has 3 heterocycles. The molecule has 5 rings (SSSR count). The molecule has 3 aromatic rings. The normalized spacial score (nSPS) is 21.5. The van der Waals surface area contributed by atoms with Crippen LogP contribution in [0.5, 0.6) is 0 Å². The van der Waals surface area contributed by atoms with E-state index in [0.29, 0.717) is 5.95 Å². The molecule has 8 nitrogen and oxygen atoms in total. The molecule has 0 bridgehead atoms. The fraction of sp³-hybridized carbons (Fsp3) is 0.560. The van der Waals surface area contributed by atoms with Gasteiger partial charge >= 0.3 is 0 Å². The Bertz CT molecular complexity index is 1050. The molecule has 2 fully saturated rings. The number of fused-ring (bicyclic) bond motifs is 1.